The maximum atomic E-state index is 12.3. The van der Waals surface area contributed by atoms with Gasteiger partial charge in [-0.2, -0.15) is 0 Å². The van der Waals surface area contributed by atoms with Gasteiger partial charge in [0, 0.05) is 25.0 Å². The Hall–Kier alpha value is -1.36. The number of imidazole rings is 1. The number of carbonyl (C=O) groups excluding carboxylic acids is 1. The Bertz CT molecular complexity index is 373. The zero-order valence-corrected chi connectivity index (χ0v) is 9.60. The lowest BCUT2D eigenvalue weighted by atomic mass is 9.88. The Morgan fingerprint density at radius 1 is 1.69 bits per heavy atom. The molecule has 1 atom stereocenters. The second-order valence-corrected chi connectivity index (χ2v) is 4.78. The third kappa shape index (κ3) is 1.82. The van der Waals surface area contributed by atoms with Crippen molar-refractivity contribution in [3.8, 4) is 0 Å². The number of H-pyrrole nitrogens is 1. The molecule has 0 saturated carbocycles. The topological polar surface area (TPSA) is 69.2 Å². The smallest absolute Gasteiger partial charge is 0.234 e. The summed E-state index contributed by atoms with van der Waals surface area (Å²) in [7, 11) is 0. The van der Waals surface area contributed by atoms with Crippen LogP contribution in [0.15, 0.2) is 12.5 Å². The molecule has 0 unspecified atom stereocenters. The average Bonchev–Trinajstić information content (AvgIpc) is 2.86. The standard InChI is InChI=1S/C11H17N3O2/c1-11(2,9-5-12-7-13-9)10(16)14-4-3-8(15)6-14/h5,7-8,15H,3-4,6H2,1-2H3,(H,12,13)/t8-/m1/s1. The molecule has 0 aliphatic carbocycles. The van der Waals surface area contributed by atoms with Gasteiger partial charge in [-0.3, -0.25) is 4.79 Å². The number of carbonyl (C=O) groups is 1. The van der Waals surface area contributed by atoms with Gasteiger partial charge < -0.3 is 15.0 Å². The van der Waals surface area contributed by atoms with Crippen molar-refractivity contribution in [2.75, 3.05) is 13.1 Å². The predicted molar refractivity (Wildman–Crippen MR) is 58.8 cm³/mol. The number of aromatic amines is 1. The summed E-state index contributed by atoms with van der Waals surface area (Å²) in [5.74, 6) is 0.0355. The minimum atomic E-state index is -0.611. The average molecular weight is 223 g/mol. The molecular weight excluding hydrogens is 206 g/mol. The van der Waals surface area contributed by atoms with E-state index in [1.54, 1.807) is 17.4 Å². The van der Waals surface area contributed by atoms with Gasteiger partial charge in [-0.1, -0.05) is 0 Å². The molecule has 0 aromatic carbocycles. The van der Waals surface area contributed by atoms with Crippen molar-refractivity contribution in [3.63, 3.8) is 0 Å². The summed E-state index contributed by atoms with van der Waals surface area (Å²) in [6.07, 6.45) is 3.54. The van der Waals surface area contributed by atoms with Crippen molar-refractivity contribution >= 4 is 5.91 Å². The van der Waals surface area contributed by atoms with E-state index in [1.807, 2.05) is 13.8 Å². The Morgan fingerprint density at radius 3 is 2.94 bits per heavy atom. The first kappa shape index (κ1) is 11.1. The van der Waals surface area contributed by atoms with E-state index in [9.17, 15) is 9.90 Å². The normalized spacial score (nSPS) is 21.4. The lowest BCUT2D eigenvalue weighted by Crippen LogP contribution is -2.42. The van der Waals surface area contributed by atoms with E-state index in [0.29, 0.717) is 19.5 Å². The molecule has 1 aromatic heterocycles. The van der Waals surface area contributed by atoms with Crippen LogP contribution in [0.25, 0.3) is 0 Å². The quantitative estimate of drug-likeness (QED) is 0.756. The van der Waals surface area contributed by atoms with Gasteiger partial charge in [-0.25, -0.2) is 4.98 Å². The summed E-state index contributed by atoms with van der Waals surface area (Å²) in [5.41, 5.74) is 0.194. The van der Waals surface area contributed by atoms with E-state index >= 15 is 0 Å². The van der Waals surface area contributed by atoms with Gasteiger partial charge in [0.25, 0.3) is 0 Å². The molecule has 0 spiro atoms. The van der Waals surface area contributed by atoms with Crippen LogP contribution in [-0.4, -0.2) is 45.1 Å². The first-order chi connectivity index (χ1) is 7.51. The van der Waals surface area contributed by atoms with E-state index in [2.05, 4.69) is 9.97 Å². The summed E-state index contributed by atoms with van der Waals surface area (Å²) in [5, 5.41) is 9.43. The van der Waals surface area contributed by atoms with Crippen LogP contribution >= 0.6 is 0 Å². The van der Waals surface area contributed by atoms with Gasteiger partial charge in [0.05, 0.1) is 17.8 Å². The third-order valence-electron chi connectivity index (χ3n) is 3.16. The maximum absolute atomic E-state index is 12.3. The predicted octanol–water partition coefficient (Wildman–Crippen LogP) is 0.280. The molecule has 1 fully saturated rings. The number of rotatable bonds is 2. The van der Waals surface area contributed by atoms with Crippen LogP contribution in [0.5, 0.6) is 0 Å². The highest BCUT2D eigenvalue weighted by molar-refractivity contribution is 5.87. The molecule has 1 amide bonds. The van der Waals surface area contributed by atoms with Gasteiger partial charge in [0.1, 0.15) is 0 Å². The minimum Gasteiger partial charge on any atom is -0.391 e. The van der Waals surface area contributed by atoms with Crippen LogP contribution in [0.1, 0.15) is 26.0 Å². The van der Waals surface area contributed by atoms with Gasteiger partial charge >= 0.3 is 0 Å². The van der Waals surface area contributed by atoms with Crippen molar-refractivity contribution < 1.29 is 9.90 Å². The van der Waals surface area contributed by atoms with Crippen LogP contribution < -0.4 is 0 Å². The molecule has 16 heavy (non-hydrogen) atoms. The molecule has 2 N–H and O–H groups in total. The molecule has 1 saturated heterocycles. The van der Waals surface area contributed by atoms with Gasteiger partial charge in [0.2, 0.25) is 5.91 Å². The second-order valence-electron chi connectivity index (χ2n) is 4.78. The Balaban J connectivity index is 2.15. The molecule has 88 valence electrons. The number of aromatic nitrogens is 2. The molecule has 2 heterocycles. The van der Waals surface area contributed by atoms with Gasteiger partial charge in [0.15, 0.2) is 0 Å². The molecule has 1 aromatic rings. The van der Waals surface area contributed by atoms with E-state index in [4.69, 9.17) is 0 Å². The molecule has 5 heteroatoms. The highest BCUT2D eigenvalue weighted by Crippen LogP contribution is 2.25. The van der Waals surface area contributed by atoms with Crippen molar-refractivity contribution in [1.29, 1.82) is 0 Å². The molecule has 0 bridgehead atoms. The van der Waals surface area contributed by atoms with E-state index in [0.717, 1.165) is 5.69 Å². The van der Waals surface area contributed by atoms with Crippen molar-refractivity contribution in [3.05, 3.63) is 18.2 Å². The monoisotopic (exact) mass is 223 g/mol. The lowest BCUT2D eigenvalue weighted by Gasteiger charge is -2.28. The van der Waals surface area contributed by atoms with E-state index in [1.165, 1.54) is 0 Å². The number of hydrogen-bond acceptors (Lipinski definition) is 3. The van der Waals surface area contributed by atoms with Crippen LogP contribution in [0.4, 0.5) is 0 Å². The highest BCUT2D eigenvalue weighted by atomic mass is 16.3. The van der Waals surface area contributed by atoms with Crippen molar-refractivity contribution in [2.45, 2.75) is 31.8 Å². The van der Waals surface area contributed by atoms with Crippen LogP contribution in [0.2, 0.25) is 0 Å². The fourth-order valence-corrected chi connectivity index (χ4v) is 2.03. The molecule has 1 aliphatic rings. The summed E-state index contributed by atoms with van der Waals surface area (Å²) in [6, 6.07) is 0. The van der Waals surface area contributed by atoms with Crippen LogP contribution in [0, 0.1) is 0 Å². The number of likely N-dealkylation sites (tertiary alicyclic amines) is 1. The zero-order valence-electron chi connectivity index (χ0n) is 9.60. The number of hydrogen-bond donors (Lipinski definition) is 2. The molecule has 5 nitrogen and oxygen atoms in total. The molecule has 0 radical (unpaired) electrons. The summed E-state index contributed by atoms with van der Waals surface area (Å²) in [6.45, 7) is 4.81. The Morgan fingerprint density at radius 2 is 2.44 bits per heavy atom. The Kier molecular flexibility index (Phi) is 2.71. The largest absolute Gasteiger partial charge is 0.391 e. The molecular formula is C11H17N3O2. The van der Waals surface area contributed by atoms with E-state index in [-0.39, 0.29) is 12.0 Å². The van der Waals surface area contributed by atoms with Crippen LogP contribution in [0.3, 0.4) is 0 Å². The summed E-state index contributed by atoms with van der Waals surface area (Å²) in [4.78, 5) is 20.9. The van der Waals surface area contributed by atoms with Gasteiger partial charge in [-0.05, 0) is 20.3 Å². The third-order valence-corrected chi connectivity index (χ3v) is 3.16. The number of β-amino-alcohol motifs (C(OH)–C–C–N with tert-alkyl or cyclic N) is 1. The van der Waals surface area contributed by atoms with Crippen LogP contribution in [-0.2, 0) is 10.2 Å². The lowest BCUT2D eigenvalue weighted by molar-refractivity contribution is -0.135. The maximum Gasteiger partial charge on any atom is 0.234 e. The molecule has 2 rings (SSSR count). The number of nitrogens with one attached hydrogen (secondary N) is 1. The summed E-state index contributed by atoms with van der Waals surface area (Å²) >= 11 is 0. The highest BCUT2D eigenvalue weighted by Gasteiger charge is 2.37. The van der Waals surface area contributed by atoms with Crippen molar-refractivity contribution in [1.82, 2.24) is 14.9 Å². The minimum absolute atomic E-state index is 0.0355. The first-order valence-electron chi connectivity index (χ1n) is 5.48. The summed E-state index contributed by atoms with van der Waals surface area (Å²) < 4.78 is 0. The number of aliphatic hydroxyl groups is 1. The van der Waals surface area contributed by atoms with Gasteiger partial charge in [-0.15, -0.1) is 0 Å². The zero-order chi connectivity index (χ0) is 11.8. The number of amides is 1. The van der Waals surface area contributed by atoms with Crippen molar-refractivity contribution in [2.24, 2.45) is 0 Å². The Labute approximate surface area is 94.5 Å². The number of nitrogens with zero attached hydrogens (tertiary/aromatic N) is 2. The molecule has 1 aliphatic heterocycles. The first-order valence-corrected chi connectivity index (χ1v) is 5.48. The fraction of sp³-hybridized carbons (Fsp3) is 0.636. The number of aliphatic hydroxyl groups excluding tert-OH is 1. The second kappa shape index (κ2) is 3.90. The SMILES string of the molecule is CC(C)(C(=O)N1CC[C@@H](O)C1)c1cnc[nH]1. The fourth-order valence-electron chi connectivity index (χ4n) is 2.03. The van der Waals surface area contributed by atoms with E-state index < -0.39 is 5.41 Å².